The van der Waals surface area contributed by atoms with Crippen LogP contribution in [0, 0.1) is 0 Å². The summed E-state index contributed by atoms with van der Waals surface area (Å²) in [4.78, 5) is 12.5. The van der Waals surface area contributed by atoms with Crippen LogP contribution in [-0.4, -0.2) is 36.6 Å². The zero-order valence-electron chi connectivity index (χ0n) is 18.7. The molecular formula is C23H28N4O3S. The van der Waals surface area contributed by atoms with E-state index in [2.05, 4.69) is 14.8 Å². The lowest BCUT2D eigenvalue weighted by Gasteiger charge is -2.20. The van der Waals surface area contributed by atoms with Crippen LogP contribution >= 0.6 is 0 Å². The number of benzene rings is 2. The third-order valence-corrected chi connectivity index (χ3v) is 5.48. The topological polar surface area (TPSA) is 85.6 Å². The summed E-state index contributed by atoms with van der Waals surface area (Å²) >= 11 is 0. The molecule has 1 N–H and O–H groups in total. The summed E-state index contributed by atoms with van der Waals surface area (Å²) in [6.07, 6.45) is 1.03. The number of para-hydroxylation sites is 1. The van der Waals surface area contributed by atoms with E-state index in [-0.39, 0.29) is 0 Å². The molecule has 1 aromatic heterocycles. The van der Waals surface area contributed by atoms with E-state index < -0.39 is 27.4 Å². The lowest BCUT2D eigenvalue weighted by molar-refractivity contribution is 0.0635. The minimum atomic E-state index is -1.35. The Morgan fingerprint density at radius 2 is 1.77 bits per heavy atom. The van der Waals surface area contributed by atoms with Crippen LogP contribution in [0.2, 0.25) is 0 Å². The van der Waals surface area contributed by atoms with Gasteiger partial charge in [0, 0.05) is 11.6 Å². The van der Waals surface area contributed by atoms with E-state index in [0.29, 0.717) is 11.3 Å². The highest BCUT2D eigenvalue weighted by molar-refractivity contribution is 7.85. The average molecular weight is 441 g/mol. The van der Waals surface area contributed by atoms with E-state index in [1.165, 1.54) is 0 Å². The van der Waals surface area contributed by atoms with Gasteiger partial charge in [0.2, 0.25) is 0 Å². The number of nitrogens with one attached hydrogen (secondary N) is 1. The molecule has 3 aromatic rings. The predicted molar refractivity (Wildman–Crippen MR) is 126 cm³/mol. The summed E-state index contributed by atoms with van der Waals surface area (Å²) in [5.74, 6) is 0.511. The number of aromatic nitrogens is 2. The fourth-order valence-electron chi connectivity index (χ4n) is 2.73. The maximum absolute atomic E-state index is 12.5. The van der Waals surface area contributed by atoms with Crippen LogP contribution in [0.1, 0.15) is 47.1 Å². The Labute approximate surface area is 185 Å². The number of carbonyl (C=O) groups excluding carboxylic acids is 1. The average Bonchev–Trinajstić information content (AvgIpc) is 3.02. The number of fused-ring (bicyclic) bond motifs is 1. The monoisotopic (exact) mass is 440 g/mol. The summed E-state index contributed by atoms with van der Waals surface area (Å²) < 4.78 is 23.0. The second-order valence-corrected chi connectivity index (χ2v) is 11.0. The quantitative estimate of drug-likeness (QED) is 0.561. The van der Waals surface area contributed by atoms with Crippen LogP contribution in [0.15, 0.2) is 52.9 Å². The Balaban J connectivity index is 2.03. The van der Waals surface area contributed by atoms with Gasteiger partial charge < -0.3 is 4.74 Å². The van der Waals surface area contributed by atoms with Crippen molar-refractivity contribution in [1.82, 2.24) is 9.78 Å². The van der Waals surface area contributed by atoms with Crippen molar-refractivity contribution >= 4 is 40.0 Å². The molecule has 0 saturated heterocycles. The first kappa shape index (κ1) is 22.7. The fourth-order valence-corrected chi connectivity index (χ4v) is 3.26. The second-order valence-electron chi connectivity index (χ2n) is 9.10. The Hall–Kier alpha value is -3.00. The van der Waals surface area contributed by atoms with E-state index in [0.717, 1.165) is 16.6 Å². The molecule has 2 aromatic carbocycles. The highest BCUT2D eigenvalue weighted by Crippen LogP contribution is 2.28. The third kappa shape index (κ3) is 5.79. The molecule has 0 fully saturated rings. The minimum Gasteiger partial charge on any atom is -0.444 e. The lowest BCUT2D eigenvalue weighted by atomic mass is 10.2. The number of anilines is 1. The van der Waals surface area contributed by atoms with Gasteiger partial charge in [-0.15, -0.1) is 0 Å². The second kappa shape index (κ2) is 8.63. The molecule has 0 aliphatic heterocycles. The summed E-state index contributed by atoms with van der Waals surface area (Å²) in [7, 11) is -1.35. The predicted octanol–water partition coefficient (Wildman–Crippen LogP) is 5.25. The summed E-state index contributed by atoms with van der Waals surface area (Å²) in [6.45, 7) is 11.1. The molecule has 7 nitrogen and oxygen atoms in total. The van der Waals surface area contributed by atoms with Gasteiger partial charge in [-0.1, -0.05) is 24.3 Å². The van der Waals surface area contributed by atoms with Crippen molar-refractivity contribution in [3.8, 4) is 5.69 Å². The maximum Gasteiger partial charge on any atom is 0.413 e. The van der Waals surface area contributed by atoms with Gasteiger partial charge in [-0.25, -0.2) is 13.7 Å². The van der Waals surface area contributed by atoms with Crippen molar-refractivity contribution in [2.24, 2.45) is 4.40 Å². The largest absolute Gasteiger partial charge is 0.444 e. The van der Waals surface area contributed by atoms with E-state index in [1.54, 1.807) is 10.9 Å². The highest BCUT2D eigenvalue weighted by Gasteiger charge is 2.21. The molecule has 1 atom stereocenters. The van der Waals surface area contributed by atoms with E-state index in [9.17, 15) is 9.00 Å². The molecular weight excluding hydrogens is 412 g/mol. The number of amides is 1. The lowest BCUT2D eigenvalue weighted by Crippen LogP contribution is -2.28. The first-order chi connectivity index (χ1) is 14.4. The number of ether oxygens (including phenoxy) is 1. The van der Waals surface area contributed by atoms with Crippen molar-refractivity contribution in [2.45, 2.75) is 51.9 Å². The molecule has 0 aliphatic rings. The van der Waals surface area contributed by atoms with Crippen LogP contribution in [-0.2, 0) is 15.7 Å². The van der Waals surface area contributed by atoms with Crippen molar-refractivity contribution in [3.05, 3.63) is 54.1 Å². The number of hydrogen-bond donors (Lipinski definition) is 1. The molecule has 0 unspecified atom stereocenters. The molecule has 3 rings (SSSR count). The minimum absolute atomic E-state index is 0.431. The van der Waals surface area contributed by atoms with Gasteiger partial charge in [0.05, 0.1) is 16.0 Å². The number of carbonyl (C=O) groups is 1. The zero-order chi connectivity index (χ0) is 22.8. The summed E-state index contributed by atoms with van der Waals surface area (Å²) in [6, 6.07) is 15.1. The van der Waals surface area contributed by atoms with Crippen LogP contribution in [0.25, 0.3) is 16.6 Å². The molecule has 164 valence electrons. The molecule has 8 heteroatoms. The van der Waals surface area contributed by atoms with Crippen molar-refractivity contribution < 1.29 is 13.7 Å². The summed E-state index contributed by atoms with van der Waals surface area (Å²) in [5, 5.41) is 8.27. The van der Waals surface area contributed by atoms with Gasteiger partial charge in [-0.05, 0) is 71.4 Å². The van der Waals surface area contributed by atoms with Gasteiger partial charge in [0.1, 0.15) is 22.4 Å². The maximum atomic E-state index is 12.5. The standard InChI is InChI=1S/C23H28N4O3S/c1-22(2,3)30-21(28)25-20-18-13-12-16(15-24-31(29)23(4,5)6)14-19(18)26-27(20)17-10-8-7-9-11-17/h7-15H,1-6H3,(H,25,28)/b24-15-/t31-/m1/s1. The summed E-state index contributed by atoms with van der Waals surface area (Å²) in [5.41, 5.74) is 1.62. The van der Waals surface area contributed by atoms with Gasteiger partial charge in [-0.2, -0.15) is 9.50 Å². The Kier molecular flexibility index (Phi) is 6.31. The smallest absolute Gasteiger partial charge is 0.413 e. The molecule has 1 amide bonds. The van der Waals surface area contributed by atoms with Crippen LogP contribution in [0.4, 0.5) is 10.6 Å². The van der Waals surface area contributed by atoms with Crippen molar-refractivity contribution in [3.63, 3.8) is 0 Å². The van der Waals surface area contributed by atoms with E-state index in [1.807, 2.05) is 90.1 Å². The fraction of sp³-hybridized carbons (Fsp3) is 0.348. The Morgan fingerprint density at radius 1 is 1.10 bits per heavy atom. The molecule has 1 heterocycles. The molecule has 0 saturated carbocycles. The number of nitrogens with zero attached hydrogens (tertiary/aromatic N) is 3. The molecule has 31 heavy (non-hydrogen) atoms. The van der Waals surface area contributed by atoms with Crippen LogP contribution in [0.3, 0.4) is 0 Å². The number of rotatable bonds is 4. The van der Waals surface area contributed by atoms with Gasteiger partial charge in [-0.3, -0.25) is 5.32 Å². The molecule has 0 aliphatic carbocycles. The van der Waals surface area contributed by atoms with Crippen molar-refractivity contribution in [1.29, 1.82) is 0 Å². The normalized spacial score (nSPS) is 13.5. The van der Waals surface area contributed by atoms with E-state index >= 15 is 0 Å². The van der Waals surface area contributed by atoms with Gasteiger partial charge in [0.25, 0.3) is 0 Å². The zero-order valence-corrected chi connectivity index (χ0v) is 19.5. The third-order valence-electron chi connectivity index (χ3n) is 4.14. The molecule has 0 spiro atoms. The molecule has 0 radical (unpaired) electrons. The van der Waals surface area contributed by atoms with E-state index in [4.69, 9.17) is 4.74 Å². The molecule has 0 bridgehead atoms. The Bertz CT molecular complexity index is 1140. The van der Waals surface area contributed by atoms with Gasteiger partial charge >= 0.3 is 6.09 Å². The number of hydrogen-bond acceptors (Lipinski definition) is 4. The first-order valence-corrected chi connectivity index (χ1v) is 11.1. The van der Waals surface area contributed by atoms with Gasteiger partial charge in [0.15, 0.2) is 0 Å². The Morgan fingerprint density at radius 3 is 2.39 bits per heavy atom. The first-order valence-electron chi connectivity index (χ1n) is 9.98. The van der Waals surface area contributed by atoms with Crippen molar-refractivity contribution in [2.75, 3.05) is 5.32 Å². The van der Waals surface area contributed by atoms with Crippen LogP contribution < -0.4 is 5.32 Å². The van der Waals surface area contributed by atoms with Crippen LogP contribution in [0.5, 0.6) is 0 Å². The highest BCUT2D eigenvalue weighted by atomic mass is 32.2. The SMILES string of the molecule is CC(C)(C)OC(=O)Nc1c2ccc(/C=N\[S@](=O)C(C)(C)C)cc2nn1-c1ccccc1.